The Morgan fingerprint density at radius 3 is 2.45 bits per heavy atom. The van der Waals surface area contributed by atoms with Gasteiger partial charge < -0.3 is 10.9 Å². The molecule has 3 N–H and O–H groups in total. The zero-order valence-electron chi connectivity index (χ0n) is 11.7. The molecule has 0 aliphatic heterocycles. The Labute approximate surface area is 122 Å². The topological polar surface area (TPSA) is 71.5 Å². The summed E-state index contributed by atoms with van der Waals surface area (Å²) in [5.41, 5.74) is 9.34. The lowest BCUT2D eigenvalue weighted by Gasteiger charge is -2.12. The van der Waals surface area contributed by atoms with Gasteiger partial charge in [0.05, 0.1) is 5.56 Å². The Bertz CT molecular complexity index is 651. The van der Waals surface area contributed by atoms with Crippen LogP contribution in [0.5, 0.6) is 0 Å². The minimum absolute atomic E-state index is 0.0876. The van der Waals surface area contributed by atoms with E-state index in [1.807, 2.05) is 19.9 Å². The summed E-state index contributed by atoms with van der Waals surface area (Å²) in [6.07, 6.45) is 0. The summed E-state index contributed by atoms with van der Waals surface area (Å²) in [4.78, 5) is 6.42. The molecular formula is C15H17N3OS. The Kier molecular flexibility index (Phi) is 4.29. The highest BCUT2D eigenvalue weighted by atomic mass is 32.2. The predicted octanol–water partition coefficient (Wildman–Crippen LogP) is 3.25. The first-order valence-corrected chi connectivity index (χ1v) is 7.03. The van der Waals surface area contributed by atoms with Crippen molar-refractivity contribution in [3.8, 4) is 0 Å². The van der Waals surface area contributed by atoms with Gasteiger partial charge in [-0.1, -0.05) is 34.6 Å². The summed E-state index contributed by atoms with van der Waals surface area (Å²) < 4.78 is 0. The number of hydrogen-bond donors (Lipinski definition) is 2. The van der Waals surface area contributed by atoms with Gasteiger partial charge in [0.25, 0.3) is 0 Å². The van der Waals surface area contributed by atoms with Crippen LogP contribution in [-0.4, -0.2) is 16.0 Å². The van der Waals surface area contributed by atoms with Crippen LogP contribution in [0.4, 0.5) is 0 Å². The third-order valence-electron chi connectivity index (χ3n) is 2.90. The van der Waals surface area contributed by atoms with E-state index >= 15 is 0 Å². The standard InChI is InChI=1S/C15H17N3OS/c1-9-4-6-12(7-5-9)20-13-8-10(2)17-11(3)14(13)15(16)18-19/h4-8,19H,1-3H3,(H2,16,18). The molecule has 0 unspecified atom stereocenters. The fourth-order valence-corrected chi connectivity index (χ4v) is 3.08. The summed E-state index contributed by atoms with van der Waals surface area (Å²) in [5, 5.41) is 12.0. The smallest absolute Gasteiger partial charge is 0.173 e. The van der Waals surface area contributed by atoms with Crippen molar-refractivity contribution in [2.24, 2.45) is 10.9 Å². The van der Waals surface area contributed by atoms with Crippen LogP contribution in [0.2, 0.25) is 0 Å². The average molecular weight is 287 g/mol. The van der Waals surface area contributed by atoms with Crippen LogP contribution in [0, 0.1) is 20.8 Å². The highest BCUT2D eigenvalue weighted by Crippen LogP contribution is 2.32. The van der Waals surface area contributed by atoms with Crippen molar-refractivity contribution in [1.82, 2.24) is 4.98 Å². The number of aromatic nitrogens is 1. The Morgan fingerprint density at radius 2 is 1.85 bits per heavy atom. The maximum atomic E-state index is 8.93. The first-order chi connectivity index (χ1) is 9.51. The van der Waals surface area contributed by atoms with E-state index in [1.54, 1.807) is 11.8 Å². The monoisotopic (exact) mass is 287 g/mol. The molecule has 2 aromatic rings. The summed E-state index contributed by atoms with van der Waals surface area (Å²) in [6.45, 7) is 5.85. The number of nitrogens with two attached hydrogens (primary N) is 1. The number of oxime groups is 1. The molecule has 104 valence electrons. The number of aryl methyl sites for hydroxylation is 3. The number of rotatable bonds is 3. The number of amidine groups is 1. The maximum Gasteiger partial charge on any atom is 0.173 e. The van der Waals surface area contributed by atoms with Gasteiger partial charge in [0, 0.05) is 21.2 Å². The molecule has 0 atom stereocenters. The highest BCUT2D eigenvalue weighted by Gasteiger charge is 2.14. The van der Waals surface area contributed by atoms with Crippen LogP contribution in [0.1, 0.15) is 22.5 Å². The van der Waals surface area contributed by atoms with E-state index in [2.05, 4.69) is 41.3 Å². The van der Waals surface area contributed by atoms with E-state index < -0.39 is 0 Å². The molecule has 4 nitrogen and oxygen atoms in total. The molecule has 0 saturated carbocycles. The van der Waals surface area contributed by atoms with Gasteiger partial charge in [0.2, 0.25) is 0 Å². The molecule has 0 radical (unpaired) electrons. The fourth-order valence-electron chi connectivity index (χ4n) is 1.97. The minimum atomic E-state index is 0.0876. The van der Waals surface area contributed by atoms with Gasteiger partial charge in [0.15, 0.2) is 5.84 Å². The molecule has 0 bridgehead atoms. The van der Waals surface area contributed by atoms with Crippen LogP contribution in [-0.2, 0) is 0 Å². The first kappa shape index (κ1) is 14.4. The fraction of sp³-hybridized carbons (Fsp3) is 0.200. The van der Waals surface area contributed by atoms with E-state index in [-0.39, 0.29) is 5.84 Å². The van der Waals surface area contributed by atoms with E-state index in [0.717, 1.165) is 21.2 Å². The van der Waals surface area contributed by atoms with Gasteiger partial charge in [-0.15, -0.1) is 0 Å². The van der Waals surface area contributed by atoms with Gasteiger partial charge in [-0.25, -0.2) is 0 Å². The molecule has 5 heteroatoms. The lowest BCUT2D eigenvalue weighted by Crippen LogP contribution is -2.17. The molecule has 20 heavy (non-hydrogen) atoms. The van der Waals surface area contributed by atoms with Gasteiger partial charge >= 0.3 is 0 Å². The van der Waals surface area contributed by atoms with Gasteiger partial charge in [-0.2, -0.15) is 0 Å². The van der Waals surface area contributed by atoms with Crippen molar-refractivity contribution >= 4 is 17.6 Å². The van der Waals surface area contributed by atoms with E-state index in [0.29, 0.717) is 5.56 Å². The van der Waals surface area contributed by atoms with Crippen molar-refractivity contribution in [2.45, 2.75) is 30.6 Å². The number of hydrogen-bond acceptors (Lipinski definition) is 4. The van der Waals surface area contributed by atoms with Crippen LogP contribution in [0.3, 0.4) is 0 Å². The van der Waals surface area contributed by atoms with Crippen LogP contribution < -0.4 is 5.73 Å². The predicted molar refractivity (Wildman–Crippen MR) is 81.5 cm³/mol. The zero-order valence-corrected chi connectivity index (χ0v) is 12.5. The van der Waals surface area contributed by atoms with Crippen molar-refractivity contribution < 1.29 is 5.21 Å². The summed E-state index contributed by atoms with van der Waals surface area (Å²) in [7, 11) is 0. The second kappa shape index (κ2) is 5.96. The molecule has 1 aromatic carbocycles. The molecular weight excluding hydrogens is 270 g/mol. The molecule has 1 aromatic heterocycles. The minimum Gasteiger partial charge on any atom is -0.409 e. The van der Waals surface area contributed by atoms with Crippen molar-refractivity contribution in [2.75, 3.05) is 0 Å². The van der Waals surface area contributed by atoms with Crippen LogP contribution in [0.25, 0.3) is 0 Å². The molecule has 0 aliphatic rings. The van der Waals surface area contributed by atoms with Gasteiger partial charge in [0.1, 0.15) is 0 Å². The first-order valence-electron chi connectivity index (χ1n) is 6.22. The van der Waals surface area contributed by atoms with E-state index in [1.165, 1.54) is 5.56 Å². The Morgan fingerprint density at radius 1 is 1.20 bits per heavy atom. The molecule has 2 rings (SSSR count). The summed E-state index contributed by atoms with van der Waals surface area (Å²) in [5.74, 6) is 0.0876. The summed E-state index contributed by atoms with van der Waals surface area (Å²) in [6, 6.07) is 10.2. The van der Waals surface area contributed by atoms with E-state index in [4.69, 9.17) is 10.9 Å². The third-order valence-corrected chi connectivity index (χ3v) is 3.95. The summed E-state index contributed by atoms with van der Waals surface area (Å²) >= 11 is 1.58. The van der Waals surface area contributed by atoms with Crippen molar-refractivity contribution in [3.63, 3.8) is 0 Å². The molecule has 0 amide bonds. The molecule has 0 fully saturated rings. The third kappa shape index (κ3) is 3.11. The maximum absolute atomic E-state index is 8.93. The second-order valence-electron chi connectivity index (χ2n) is 4.62. The van der Waals surface area contributed by atoms with Crippen molar-refractivity contribution in [1.29, 1.82) is 0 Å². The average Bonchev–Trinajstić information content (AvgIpc) is 2.40. The molecule has 0 spiro atoms. The van der Waals surface area contributed by atoms with E-state index in [9.17, 15) is 0 Å². The number of nitrogens with zero attached hydrogens (tertiary/aromatic N) is 2. The van der Waals surface area contributed by atoms with Crippen LogP contribution in [0.15, 0.2) is 45.3 Å². The SMILES string of the molecule is Cc1ccc(Sc2cc(C)nc(C)c2/C(N)=N/O)cc1. The normalized spacial score (nSPS) is 11.7. The number of benzene rings is 1. The zero-order chi connectivity index (χ0) is 14.7. The highest BCUT2D eigenvalue weighted by molar-refractivity contribution is 7.99. The lowest BCUT2D eigenvalue weighted by molar-refractivity contribution is 0.318. The lowest BCUT2D eigenvalue weighted by atomic mass is 10.1. The second-order valence-corrected chi connectivity index (χ2v) is 5.74. The Balaban J connectivity index is 2.47. The molecule has 0 saturated heterocycles. The van der Waals surface area contributed by atoms with Gasteiger partial charge in [-0.05, 0) is 39.0 Å². The Hall–Kier alpha value is -2.01. The molecule has 1 heterocycles. The van der Waals surface area contributed by atoms with Crippen LogP contribution >= 0.6 is 11.8 Å². The quantitative estimate of drug-likeness (QED) is 0.393. The largest absolute Gasteiger partial charge is 0.409 e. The number of pyridine rings is 1. The molecule has 0 aliphatic carbocycles. The van der Waals surface area contributed by atoms with Crippen molar-refractivity contribution in [3.05, 3.63) is 52.8 Å². The van der Waals surface area contributed by atoms with Gasteiger partial charge in [-0.3, -0.25) is 4.98 Å².